The van der Waals surface area contributed by atoms with Gasteiger partial charge in [0.2, 0.25) is 0 Å². The molecule has 10 heteroatoms. The largest absolute Gasteiger partial charge is 0.364 e. The maximum Gasteiger partial charge on any atom is 0.252 e. The predicted molar refractivity (Wildman–Crippen MR) is 104 cm³/mol. The van der Waals surface area contributed by atoms with E-state index in [1.165, 1.54) is 17.6 Å². The fourth-order valence-electron chi connectivity index (χ4n) is 3.36. The Balaban J connectivity index is 1.46. The number of thiophene rings is 1. The molecule has 0 saturated carbocycles. The molecular formula is C18H22N4O4S2. The second-order valence-corrected chi connectivity index (χ2v) is 10.1. The van der Waals surface area contributed by atoms with Crippen molar-refractivity contribution in [3.8, 4) is 10.6 Å². The van der Waals surface area contributed by atoms with E-state index in [1.54, 1.807) is 22.5 Å². The molecule has 1 saturated heterocycles. The molecule has 1 aliphatic rings. The number of hydrogen-bond donors (Lipinski definition) is 0. The summed E-state index contributed by atoms with van der Waals surface area (Å²) in [6, 6.07) is 5.15. The molecule has 4 heterocycles. The molecule has 8 nitrogen and oxygen atoms in total. The normalized spacial score (nSPS) is 17.1. The van der Waals surface area contributed by atoms with Gasteiger partial charge in [-0.3, -0.25) is 4.90 Å². The number of nitrogens with zero attached hydrogens (tertiary/aromatic N) is 4. The molecule has 0 aliphatic carbocycles. The minimum atomic E-state index is -3.52. The second-order valence-electron chi connectivity index (χ2n) is 6.84. The van der Waals surface area contributed by atoms with E-state index in [4.69, 9.17) is 9.05 Å². The van der Waals surface area contributed by atoms with Gasteiger partial charge >= 0.3 is 0 Å². The van der Waals surface area contributed by atoms with Crippen molar-refractivity contribution in [1.29, 1.82) is 0 Å². The molecular weight excluding hydrogens is 400 g/mol. The lowest BCUT2D eigenvalue weighted by Crippen LogP contribution is -2.34. The highest BCUT2D eigenvalue weighted by Gasteiger charge is 2.29. The van der Waals surface area contributed by atoms with Gasteiger partial charge in [-0.25, -0.2) is 8.42 Å². The van der Waals surface area contributed by atoms with Gasteiger partial charge in [0.25, 0.3) is 10.0 Å². The van der Waals surface area contributed by atoms with Gasteiger partial charge in [0.05, 0.1) is 10.6 Å². The number of hydrogen-bond acceptors (Lipinski definition) is 8. The lowest BCUT2D eigenvalue weighted by atomic mass is 10.2. The van der Waals surface area contributed by atoms with Crippen LogP contribution in [-0.2, 0) is 16.6 Å². The standard InChI is InChI=1S/C18H22N4O4S2/c1-13-15(14(2)26-19-13)12-21-7-3-8-22(10-9-21)28(23,24)18-5-4-17(27-18)16-6-11-25-20-16/h4-6,11H,3,7-10,12H2,1-2H3. The van der Waals surface area contributed by atoms with E-state index in [1.807, 2.05) is 13.8 Å². The minimum Gasteiger partial charge on any atom is -0.364 e. The predicted octanol–water partition coefficient (Wildman–Crippen LogP) is 2.90. The molecule has 0 spiro atoms. The fourth-order valence-corrected chi connectivity index (χ4v) is 6.25. The number of rotatable bonds is 5. The van der Waals surface area contributed by atoms with E-state index >= 15 is 0 Å². The fraction of sp³-hybridized carbons (Fsp3) is 0.444. The van der Waals surface area contributed by atoms with E-state index < -0.39 is 10.0 Å². The van der Waals surface area contributed by atoms with Crippen molar-refractivity contribution in [3.05, 3.63) is 41.5 Å². The Hall–Kier alpha value is -2.01. The summed E-state index contributed by atoms with van der Waals surface area (Å²) in [6.07, 6.45) is 2.26. The van der Waals surface area contributed by atoms with Crippen molar-refractivity contribution in [3.63, 3.8) is 0 Å². The SMILES string of the molecule is Cc1noc(C)c1CN1CCCN(S(=O)(=O)c2ccc(-c3ccon3)s2)CC1. The summed E-state index contributed by atoms with van der Waals surface area (Å²) in [6.45, 7) is 7.05. The maximum atomic E-state index is 13.1. The van der Waals surface area contributed by atoms with Gasteiger partial charge in [-0.15, -0.1) is 11.3 Å². The minimum absolute atomic E-state index is 0.338. The van der Waals surface area contributed by atoms with Crippen LogP contribution in [0.1, 0.15) is 23.4 Å². The number of aryl methyl sites for hydroxylation is 2. The number of aromatic nitrogens is 2. The van der Waals surface area contributed by atoms with Crippen LogP contribution in [0.25, 0.3) is 10.6 Å². The third-order valence-corrected chi connectivity index (χ3v) is 8.45. The Morgan fingerprint density at radius 2 is 1.96 bits per heavy atom. The molecule has 28 heavy (non-hydrogen) atoms. The van der Waals surface area contributed by atoms with Crippen LogP contribution in [-0.4, -0.2) is 54.1 Å². The summed E-state index contributed by atoms with van der Waals surface area (Å²) in [5, 5.41) is 7.88. The molecule has 0 N–H and O–H groups in total. The van der Waals surface area contributed by atoms with Crippen LogP contribution in [0, 0.1) is 13.8 Å². The lowest BCUT2D eigenvalue weighted by molar-refractivity contribution is 0.276. The Labute approximate surface area is 167 Å². The van der Waals surface area contributed by atoms with Gasteiger partial charge in [0.1, 0.15) is 21.9 Å². The van der Waals surface area contributed by atoms with Gasteiger partial charge < -0.3 is 9.05 Å². The molecule has 3 aromatic rings. The molecule has 4 rings (SSSR count). The second kappa shape index (κ2) is 7.78. The average Bonchev–Trinajstić information content (AvgIpc) is 3.38. The van der Waals surface area contributed by atoms with Gasteiger partial charge in [-0.2, -0.15) is 4.31 Å². The Bertz CT molecular complexity index is 1020. The molecule has 0 bridgehead atoms. The smallest absolute Gasteiger partial charge is 0.252 e. The first-order chi connectivity index (χ1) is 13.4. The van der Waals surface area contributed by atoms with Crippen molar-refractivity contribution in [2.75, 3.05) is 26.2 Å². The Kier molecular flexibility index (Phi) is 5.37. The van der Waals surface area contributed by atoms with E-state index in [9.17, 15) is 8.42 Å². The van der Waals surface area contributed by atoms with Gasteiger partial charge in [-0.05, 0) is 38.9 Å². The van der Waals surface area contributed by atoms with Crippen molar-refractivity contribution < 1.29 is 17.5 Å². The molecule has 0 unspecified atom stereocenters. The highest BCUT2D eigenvalue weighted by Crippen LogP contribution is 2.31. The Morgan fingerprint density at radius 1 is 1.11 bits per heavy atom. The molecule has 150 valence electrons. The summed E-state index contributed by atoms with van der Waals surface area (Å²) < 4.78 is 38.2. The first kappa shape index (κ1) is 19.3. The number of sulfonamides is 1. The van der Waals surface area contributed by atoms with Gasteiger partial charge in [0.15, 0.2) is 0 Å². The first-order valence-corrected chi connectivity index (χ1v) is 11.4. The van der Waals surface area contributed by atoms with Crippen LogP contribution in [0.2, 0.25) is 0 Å². The average molecular weight is 423 g/mol. The third-order valence-electron chi connectivity index (χ3n) is 4.98. The third kappa shape index (κ3) is 3.77. The summed E-state index contributed by atoms with van der Waals surface area (Å²) in [5.41, 5.74) is 2.63. The monoisotopic (exact) mass is 422 g/mol. The van der Waals surface area contributed by atoms with E-state index in [2.05, 4.69) is 15.2 Å². The van der Waals surface area contributed by atoms with E-state index in [0.717, 1.165) is 41.4 Å². The highest BCUT2D eigenvalue weighted by atomic mass is 32.2. The molecule has 1 fully saturated rings. The van der Waals surface area contributed by atoms with Gasteiger partial charge in [-0.1, -0.05) is 10.3 Å². The van der Waals surface area contributed by atoms with Gasteiger partial charge in [0, 0.05) is 37.8 Å². The Morgan fingerprint density at radius 3 is 2.68 bits per heavy atom. The topological polar surface area (TPSA) is 92.7 Å². The molecule has 3 aromatic heterocycles. The van der Waals surface area contributed by atoms with Crippen molar-refractivity contribution in [2.24, 2.45) is 0 Å². The molecule has 0 aromatic carbocycles. The first-order valence-electron chi connectivity index (χ1n) is 9.10. The molecule has 0 amide bonds. The summed E-state index contributed by atoms with van der Waals surface area (Å²) in [7, 11) is -3.52. The molecule has 0 atom stereocenters. The van der Waals surface area contributed by atoms with Crippen LogP contribution in [0.4, 0.5) is 0 Å². The summed E-state index contributed by atoms with van der Waals surface area (Å²) >= 11 is 1.22. The van der Waals surface area contributed by atoms with Crippen molar-refractivity contribution >= 4 is 21.4 Å². The van der Waals surface area contributed by atoms with Crippen LogP contribution in [0.15, 0.2) is 37.7 Å². The van der Waals surface area contributed by atoms with Crippen molar-refractivity contribution in [2.45, 2.75) is 31.0 Å². The zero-order valence-electron chi connectivity index (χ0n) is 15.8. The van der Waals surface area contributed by atoms with Crippen LogP contribution in [0.5, 0.6) is 0 Å². The van der Waals surface area contributed by atoms with E-state index in [-0.39, 0.29) is 0 Å². The van der Waals surface area contributed by atoms with Crippen LogP contribution in [0.3, 0.4) is 0 Å². The van der Waals surface area contributed by atoms with Crippen LogP contribution >= 0.6 is 11.3 Å². The zero-order chi connectivity index (χ0) is 19.7. The summed E-state index contributed by atoms with van der Waals surface area (Å²) in [5.74, 6) is 0.824. The molecule has 1 aliphatic heterocycles. The summed E-state index contributed by atoms with van der Waals surface area (Å²) in [4.78, 5) is 3.04. The highest BCUT2D eigenvalue weighted by molar-refractivity contribution is 7.91. The lowest BCUT2D eigenvalue weighted by Gasteiger charge is -2.21. The van der Waals surface area contributed by atoms with E-state index in [0.29, 0.717) is 29.5 Å². The molecule has 0 radical (unpaired) electrons. The maximum absolute atomic E-state index is 13.1. The van der Waals surface area contributed by atoms with Crippen LogP contribution < -0.4 is 0 Å². The quantitative estimate of drug-likeness (QED) is 0.624. The zero-order valence-corrected chi connectivity index (χ0v) is 17.4. The van der Waals surface area contributed by atoms with Crippen molar-refractivity contribution in [1.82, 2.24) is 19.5 Å².